The third kappa shape index (κ3) is 7.34. The molecule has 7 nitrogen and oxygen atoms in total. The number of amides is 3. The van der Waals surface area contributed by atoms with Crippen molar-refractivity contribution in [1.29, 1.82) is 0 Å². The van der Waals surface area contributed by atoms with E-state index in [1.807, 2.05) is 11.0 Å². The number of unbranched alkanes of at least 4 members (excludes halogenated alkanes) is 1. The number of benzene rings is 2. The van der Waals surface area contributed by atoms with E-state index in [1.54, 1.807) is 42.5 Å². The van der Waals surface area contributed by atoms with Crippen LogP contribution in [0.4, 0.5) is 11.4 Å². The van der Waals surface area contributed by atoms with Crippen molar-refractivity contribution in [3.05, 3.63) is 59.7 Å². The summed E-state index contributed by atoms with van der Waals surface area (Å²) < 4.78 is 0. The first kappa shape index (κ1) is 24.3. The molecule has 2 aromatic carbocycles. The third-order valence-corrected chi connectivity index (χ3v) is 5.88. The molecule has 3 rings (SSSR count). The molecule has 0 aromatic heterocycles. The zero-order chi connectivity index (χ0) is 23.6. The fourth-order valence-corrected chi connectivity index (χ4v) is 3.73. The van der Waals surface area contributed by atoms with Gasteiger partial charge in [-0.15, -0.1) is 0 Å². The van der Waals surface area contributed by atoms with Crippen LogP contribution in [0.2, 0.25) is 0 Å². The van der Waals surface area contributed by atoms with Crippen molar-refractivity contribution in [2.24, 2.45) is 5.92 Å². The van der Waals surface area contributed by atoms with Crippen molar-refractivity contribution in [2.45, 2.75) is 39.5 Å². The third-order valence-electron chi connectivity index (χ3n) is 5.88. The number of hydrogen-bond donors (Lipinski definition) is 3. The van der Waals surface area contributed by atoms with Gasteiger partial charge in [0.1, 0.15) is 0 Å². The van der Waals surface area contributed by atoms with Crippen LogP contribution in [0.15, 0.2) is 48.5 Å². The van der Waals surface area contributed by atoms with Gasteiger partial charge in [-0.2, -0.15) is 0 Å². The van der Waals surface area contributed by atoms with E-state index >= 15 is 0 Å². The Balaban J connectivity index is 1.47. The standard InChI is InChI=1S/C26H34N4O3/c1-3-4-14-27-25(32)21-6-5-7-23(17-21)28-18-24(31)29-22-10-8-20(9-11-22)26(33)30-15-12-19(2)13-16-30/h5-11,17,19,28H,3-4,12-16,18H2,1-2H3,(H,27,32)(H,29,31). The normalized spacial score (nSPS) is 13.9. The minimum Gasteiger partial charge on any atom is -0.376 e. The van der Waals surface area contributed by atoms with Crippen molar-refractivity contribution in [1.82, 2.24) is 10.2 Å². The maximum absolute atomic E-state index is 12.6. The topological polar surface area (TPSA) is 90.5 Å². The zero-order valence-electron chi connectivity index (χ0n) is 19.5. The molecule has 1 saturated heterocycles. The van der Waals surface area contributed by atoms with Crippen molar-refractivity contribution in [2.75, 3.05) is 36.8 Å². The van der Waals surface area contributed by atoms with E-state index in [2.05, 4.69) is 29.8 Å². The summed E-state index contributed by atoms with van der Waals surface area (Å²) in [6.07, 6.45) is 4.04. The maximum Gasteiger partial charge on any atom is 0.253 e. The molecule has 0 radical (unpaired) electrons. The van der Waals surface area contributed by atoms with Crippen LogP contribution in [0.1, 0.15) is 60.2 Å². The molecule has 0 saturated carbocycles. The van der Waals surface area contributed by atoms with Gasteiger partial charge >= 0.3 is 0 Å². The SMILES string of the molecule is CCCCNC(=O)c1cccc(NCC(=O)Nc2ccc(C(=O)N3CCC(C)CC3)cc2)c1. The second-order valence-corrected chi connectivity index (χ2v) is 8.64. The van der Waals surface area contributed by atoms with E-state index < -0.39 is 0 Å². The van der Waals surface area contributed by atoms with E-state index in [-0.39, 0.29) is 24.3 Å². The van der Waals surface area contributed by atoms with Crippen LogP contribution in [0.3, 0.4) is 0 Å². The summed E-state index contributed by atoms with van der Waals surface area (Å²) in [6, 6.07) is 14.1. The highest BCUT2D eigenvalue weighted by Crippen LogP contribution is 2.19. The Hall–Kier alpha value is -3.35. The first-order chi connectivity index (χ1) is 16.0. The van der Waals surface area contributed by atoms with Gasteiger partial charge in [0.15, 0.2) is 0 Å². The molecule has 1 fully saturated rings. The Bertz CT molecular complexity index is 950. The van der Waals surface area contributed by atoms with Crippen LogP contribution < -0.4 is 16.0 Å². The minimum absolute atomic E-state index is 0.0417. The highest BCUT2D eigenvalue weighted by molar-refractivity contribution is 5.97. The molecule has 1 heterocycles. The van der Waals surface area contributed by atoms with Gasteiger partial charge in [0, 0.05) is 42.1 Å². The van der Waals surface area contributed by atoms with Crippen molar-refractivity contribution in [3.8, 4) is 0 Å². The molecule has 7 heteroatoms. The molecule has 33 heavy (non-hydrogen) atoms. The van der Waals surface area contributed by atoms with Crippen LogP contribution in [0.25, 0.3) is 0 Å². The van der Waals surface area contributed by atoms with Crippen LogP contribution in [-0.2, 0) is 4.79 Å². The van der Waals surface area contributed by atoms with Crippen LogP contribution in [0, 0.1) is 5.92 Å². The van der Waals surface area contributed by atoms with Crippen LogP contribution in [0.5, 0.6) is 0 Å². The van der Waals surface area contributed by atoms with E-state index in [0.717, 1.165) is 38.8 Å². The molecular weight excluding hydrogens is 416 g/mol. The summed E-state index contributed by atoms with van der Waals surface area (Å²) in [6.45, 7) is 6.60. The number of carbonyl (C=O) groups is 3. The summed E-state index contributed by atoms with van der Waals surface area (Å²) in [5.41, 5.74) is 2.52. The molecule has 3 N–H and O–H groups in total. The number of likely N-dealkylation sites (tertiary alicyclic amines) is 1. The van der Waals surface area contributed by atoms with Gasteiger partial charge in [-0.05, 0) is 67.6 Å². The Morgan fingerprint density at radius 3 is 2.39 bits per heavy atom. The first-order valence-electron chi connectivity index (χ1n) is 11.8. The zero-order valence-corrected chi connectivity index (χ0v) is 19.5. The maximum atomic E-state index is 12.6. The van der Waals surface area contributed by atoms with E-state index in [1.165, 1.54) is 0 Å². The molecule has 176 valence electrons. The van der Waals surface area contributed by atoms with Gasteiger partial charge in [0.25, 0.3) is 11.8 Å². The number of rotatable bonds is 9. The lowest BCUT2D eigenvalue weighted by Crippen LogP contribution is -2.37. The molecule has 0 atom stereocenters. The second-order valence-electron chi connectivity index (χ2n) is 8.64. The highest BCUT2D eigenvalue weighted by Gasteiger charge is 2.21. The lowest BCUT2D eigenvalue weighted by Gasteiger charge is -2.30. The molecule has 0 aliphatic carbocycles. The van der Waals surface area contributed by atoms with Crippen molar-refractivity contribution in [3.63, 3.8) is 0 Å². The Labute approximate surface area is 195 Å². The smallest absolute Gasteiger partial charge is 0.253 e. The number of nitrogens with one attached hydrogen (secondary N) is 3. The van der Waals surface area contributed by atoms with Crippen molar-refractivity contribution < 1.29 is 14.4 Å². The lowest BCUT2D eigenvalue weighted by molar-refractivity contribution is -0.114. The minimum atomic E-state index is -0.211. The Morgan fingerprint density at radius 1 is 0.970 bits per heavy atom. The Morgan fingerprint density at radius 2 is 1.70 bits per heavy atom. The van der Waals surface area contributed by atoms with E-state index in [0.29, 0.717) is 35.0 Å². The molecule has 1 aliphatic heterocycles. The van der Waals surface area contributed by atoms with Gasteiger partial charge in [-0.1, -0.05) is 26.3 Å². The first-order valence-corrected chi connectivity index (χ1v) is 11.8. The molecule has 0 bridgehead atoms. The average Bonchev–Trinajstić information content (AvgIpc) is 2.83. The average molecular weight is 451 g/mol. The highest BCUT2D eigenvalue weighted by atomic mass is 16.2. The summed E-state index contributed by atoms with van der Waals surface area (Å²) in [5.74, 6) is 0.382. The quantitative estimate of drug-likeness (QED) is 0.501. The number of carbonyl (C=O) groups excluding carboxylic acids is 3. The number of hydrogen-bond acceptors (Lipinski definition) is 4. The van der Waals surface area contributed by atoms with E-state index in [9.17, 15) is 14.4 Å². The van der Waals surface area contributed by atoms with Gasteiger partial charge in [0.05, 0.1) is 6.54 Å². The van der Waals surface area contributed by atoms with Gasteiger partial charge in [-0.3, -0.25) is 14.4 Å². The van der Waals surface area contributed by atoms with E-state index in [4.69, 9.17) is 0 Å². The molecule has 1 aliphatic rings. The van der Waals surface area contributed by atoms with Gasteiger partial charge < -0.3 is 20.9 Å². The van der Waals surface area contributed by atoms with Crippen LogP contribution in [-0.4, -0.2) is 48.8 Å². The molecule has 0 spiro atoms. The largest absolute Gasteiger partial charge is 0.376 e. The second kappa shape index (κ2) is 12.0. The number of piperidine rings is 1. The summed E-state index contributed by atoms with van der Waals surface area (Å²) in [5, 5.41) is 8.77. The van der Waals surface area contributed by atoms with Crippen molar-refractivity contribution >= 4 is 29.1 Å². The van der Waals surface area contributed by atoms with Gasteiger partial charge in [0.2, 0.25) is 5.91 Å². The summed E-state index contributed by atoms with van der Waals surface area (Å²) >= 11 is 0. The summed E-state index contributed by atoms with van der Waals surface area (Å²) in [4.78, 5) is 39.1. The molecule has 0 unspecified atom stereocenters. The molecule has 3 amide bonds. The fraction of sp³-hybridized carbons (Fsp3) is 0.423. The number of nitrogens with zero attached hydrogens (tertiary/aromatic N) is 1. The predicted octanol–water partition coefficient (Wildman–Crippen LogP) is 4.14. The predicted molar refractivity (Wildman–Crippen MR) is 132 cm³/mol. The Kier molecular flexibility index (Phi) is 8.87. The van der Waals surface area contributed by atoms with Gasteiger partial charge in [-0.25, -0.2) is 0 Å². The number of anilines is 2. The molecular formula is C26H34N4O3. The van der Waals surface area contributed by atoms with Crippen LogP contribution >= 0.6 is 0 Å². The summed E-state index contributed by atoms with van der Waals surface area (Å²) in [7, 11) is 0. The monoisotopic (exact) mass is 450 g/mol. The molecule has 2 aromatic rings. The fourth-order valence-electron chi connectivity index (χ4n) is 3.73. The lowest BCUT2D eigenvalue weighted by atomic mass is 9.98.